The summed E-state index contributed by atoms with van der Waals surface area (Å²) in [4.78, 5) is 30.0. The molecule has 0 saturated carbocycles. The lowest BCUT2D eigenvalue weighted by Gasteiger charge is -2.32. The van der Waals surface area contributed by atoms with Crippen molar-refractivity contribution in [3.8, 4) is 6.07 Å². The van der Waals surface area contributed by atoms with Crippen LogP contribution < -0.4 is 10.5 Å². The minimum Gasteiger partial charge on any atom is -0.385 e. The number of carbonyl (C=O) groups is 1. The van der Waals surface area contributed by atoms with Crippen LogP contribution in [0.2, 0.25) is 0 Å². The zero-order valence-electron chi connectivity index (χ0n) is 17.3. The minimum absolute atomic E-state index is 0.106. The lowest BCUT2D eigenvalue weighted by molar-refractivity contribution is -0.122. The van der Waals surface area contributed by atoms with Gasteiger partial charge in [0.15, 0.2) is 0 Å². The maximum Gasteiger partial charge on any atom is 0.270 e. The summed E-state index contributed by atoms with van der Waals surface area (Å²) < 4.78 is 7.12. The molecule has 2 saturated heterocycles. The molecule has 0 N–H and O–H groups in total. The highest BCUT2D eigenvalue weighted by Crippen LogP contribution is 2.36. The van der Waals surface area contributed by atoms with E-state index >= 15 is 0 Å². The number of methoxy groups -OCH3 is 1. The molecule has 1 aromatic rings. The van der Waals surface area contributed by atoms with E-state index in [1.54, 1.807) is 32.1 Å². The maximum absolute atomic E-state index is 13.0. The van der Waals surface area contributed by atoms with Gasteiger partial charge in [0, 0.05) is 57.5 Å². The van der Waals surface area contributed by atoms with Gasteiger partial charge < -0.3 is 9.64 Å². The van der Waals surface area contributed by atoms with Gasteiger partial charge in [-0.2, -0.15) is 17.0 Å². The first-order valence-corrected chi connectivity index (χ1v) is 12.0. The molecular weight excluding hydrogens is 440 g/mol. The fourth-order valence-electron chi connectivity index (χ4n) is 3.56. The van der Waals surface area contributed by atoms with Crippen molar-refractivity contribution in [2.45, 2.75) is 13.3 Å². The van der Waals surface area contributed by atoms with E-state index in [4.69, 9.17) is 17.0 Å². The molecule has 0 radical (unpaired) electrons. The summed E-state index contributed by atoms with van der Waals surface area (Å²) in [6, 6.07) is 2.04. The molecule has 3 heterocycles. The highest BCUT2D eigenvalue weighted by molar-refractivity contribution is 8.26. The second-order valence-electron chi connectivity index (χ2n) is 6.99. The number of aromatic nitrogens is 1. The van der Waals surface area contributed by atoms with Gasteiger partial charge in [0.05, 0.1) is 4.91 Å². The second kappa shape index (κ2) is 10.0. The van der Waals surface area contributed by atoms with Gasteiger partial charge in [-0.05, 0) is 25.0 Å². The van der Waals surface area contributed by atoms with Crippen molar-refractivity contribution in [2.75, 3.05) is 49.8 Å². The predicted octanol–water partition coefficient (Wildman–Crippen LogP) is 2.36. The zero-order valence-corrected chi connectivity index (χ0v) is 19.7. The van der Waals surface area contributed by atoms with Crippen molar-refractivity contribution >= 4 is 57.9 Å². The SMILES string of the molecule is COCCCN1C(=O)C(=Cc2c(C)c(C#N)c(=O)n(C)c2N2CCSCC2)SC1=S. The fraction of sp³-hybridized carbons (Fsp3) is 0.500. The molecule has 0 aliphatic carbocycles. The smallest absolute Gasteiger partial charge is 0.270 e. The quantitative estimate of drug-likeness (QED) is 0.361. The van der Waals surface area contributed by atoms with E-state index in [0.717, 1.165) is 36.0 Å². The van der Waals surface area contributed by atoms with E-state index in [1.807, 2.05) is 17.8 Å². The molecule has 0 unspecified atom stereocenters. The van der Waals surface area contributed by atoms with Crippen molar-refractivity contribution in [3.63, 3.8) is 0 Å². The van der Waals surface area contributed by atoms with Crippen LogP contribution in [0, 0.1) is 18.3 Å². The summed E-state index contributed by atoms with van der Waals surface area (Å²) in [6.45, 7) is 4.44. The van der Waals surface area contributed by atoms with Crippen LogP contribution in [0.25, 0.3) is 6.08 Å². The highest BCUT2D eigenvalue weighted by Gasteiger charge is 2.33. The molecule has 1 amide bonds. The number of pyridine rings is 1. The molecule has 3 rings (SSSR count). The third kappa shape index (κ3) is 4.44. The average molecular weight is 465 g/mol. The van der Waals surface area contributed by atoms with Crippen molar-refractivity contribution in [1.82, 2.24) is 9.47 Å². The van der Waals surface area contributed by atoms with Gasteiger partial charge in [0.25, 0.3) is 11.5 Å². The Morgan fingerprint density at radius 2 is 2.00 bits per heavy atom. The Kier molecular flexibility index (Phi) is 7.63. The molecule has 1 aromatic heterocycles. The topological polar surface area (TPSA) is 78.6 Å². The number of amides is 1. The first-order chi connectivity index (χ1) is 14.4. The third-order valence-corrected chi connectivity index (χ3v) is 7.48. The highest BCUT2D eigenvalue weighted by atomic mass is 32.2. The van der Waals surface area contributed by atoms with E-state index < -0.39 is 0 Å². The monoisotopic (exact) mass is 464 g/mol. The molecule has 0 spiro atoms. The summed E-state index contributed by atoms with van der Waals surface area (Å²) in [5.74, 6) is 2.54. The largest absolute Gasteiger partial charge is 0.385 e. The number of hydrogen-bond acceptors (Lipinski definition) is 8. The number of nitriles is 1. The molecular formula is C20H24N4O3S3. The lowest BCUT2D eigenvalue weighted by Crippen LogP contribution is -2.38. The number of thiocarbonyl (C=S) groups is 1. The van der Waals surface area contributed by atoms with Crippen LogP contribution in [-0.4, -0.2) is 64.6 Å². The van der Waals surface area contributed by atoms with E-state index in [0.29, 0.717) is 34.4 Å². The number of carbonyl (C=O) groups excluding carboxylic acids is 1. The van der Waals surface area contributed by atoms with Crippen LogP contribution in [0.4, 0.5) is 5.82 Å². The van der Waals surface area contributed by atoms with E-state index in [2.05, 4.69) is 4.90 Å². The van der Waals surface area contributed by atoms with Crippen LogP contribution >= 0.6 is 35.7 Å². The second-order valence-corrected chi connectivity index (χ2v) is 9.89. The summed E-state index contributed by atoms with van der Waals surface area (Å²) >= 11 is 8.54. The molecule has 0 atom stereocenters. The number of thioether (sulfide) groups is 2. The van der Waals surface area contributed by atoms with Crippen molar-refractivity contribution in [2.24, 2.45) is 7.05 Å². The molecule has 2 fully saturated rings. The van der Waals surface area contributed by atoms with E-state index in [1.165, 1.54) is 16.3 Å². The molecule has 0 bridgehead atoms. The van der Waals surface area contributed by atoms with Crippen LogP contribution in [0.5, 0.6) is 0 Å². The number of hydrogen-bond donors (Lipinski definition) is 0. The van der Waals surface area contributed by atoms with Crippen LogP contribution in [0.15, 0.2) is 9.70 Å². The first-order valence-electron chi connectivity index (χ1n) is 9.61. The first kappa shape index (κ1) is 22.9. The summed E-state index contributed by atoms with van der Waals surface area (Å²) in [6.07, 6.45) is 2.49. The van der Waals surface area contributed by atoms with Crippen molar-refractivity contribution in [1.29, 1.82) is 5.26 Å². The lowest BCUT2D eigenvalue weighted by atomic mass is 10.0. The molecule has 2 aliphatic heterocycles. The minimum atomic E-state index is -0.313. The Hall–Kier alpha value is -1.80. The van der Waals surface area contributed by atoms with Gasteiger partial charge in [0.2, 0.25) is 0 Å². The normalized spacial score (nSPS) is 18.4. The maximum atomic E-state index is 13.0. The molecule has 10 heteroatoms. The van der Waals surface area contributed by atoms with Gasteiger partial charge in [-0.25, -0.2) is 0 Å². The summed E-state index contributed by atoms with van der Waals surface area (Å²) in [5.41, 5.74) is 1.12. The molecule has 0 aromatic carbocycles. The van der Waals surface area contributed by atoms with Gasteiger partial charge in [-0.3, -0.25) is 19.1 Å². The van der Waals surface area contributed by atoms with Crippen LogP contribution in [-0.2, 0) is 16.6 Å². The van der Waals surface area contributed by atoms with Crippen LogP contribution in [0.3, 0.4) is 0 Å². The Labute approximate surface area is 190 Å². The average Bonchev–Trinajstić information content (AvgIpc) is 3.01. The number of rotatable bonds is 6. The molecule has 7 nitrogen and oxygen atoms in total. The molecule has 160 valence electrons. The predicted molar refractivity (Wildman–Crippen MR) is 127 cm³/mol. The zero-order chi connectivity index (χ0) is 21.8. The summed E-state index contributed by atoms with van der Waals surface area (Å²) in [5, 5.41) is 9.55. The van der Waals surface area contributed by atoms with Crippen molar-refractivity contribution < 1.29 is 9.53 Å². The summed E-state index contributed by atoms with van der Waals surface area (Å²) in [7, 11) is 3.31. The number of anilines is 1. The molecule has 30 heavy (non-hydrogen) atoms. The Balaban J connectivity index is 2.07. The standard InChI is InChI=1S/C20H24N4O3S3/c1-13-14(11-16-19(26)24(20(28)30-16)5-4-8-27-3)17(23-6-9-29-10-7-23)22(2)18(25)15(13)12-21/h11H,4-10H2,1-3H3. The third-order valence-electron chi connectivity index (χ3n) is 5.16. The van der Waals surface area contributed by atoms with Crippen LogP contribution in [0.1, 0.15) is 23.1 Å². The van der Waals surface area contributed by atoms with Gasteiger partial charge >= 0.3 is 0 Å². The van der Waals surface area contributed by atoms with Gasteiger partial charge in [-0.1, -0.05) is 24.0 Å². The Morgan fingerprint density at radius 3 is 2.63 bits per heavy atom. The van der Waals surface area contributed by atoms with E-state index in [9.17, 15) is 14.9 Å². The van der Waals surface area contributed by atoms with E-state index in [-0.39, 0.29) is 17.0 Å². The number of ether oxygens (including phenoxy) is 1. The van der Waals surface area contributed by atoms with Crippen molar-refractivity contribution in [3.05, 3.63) is 31.9 Å². The Bertz CT molecular complexity index is 990. The number of nitrogens with zero attached hydrogens (tertiary/aromatic N) is 4. The van der Waals surface area contributed by atoms with Gasteiger partial charge in [0.1, 0.15) is 21.8 Å². The fourth-order valence-corrected chi connectivity index (χ4v) is 5.75. The Morgan fingerprint density at radius 1 is 1.30 bits per heavy atom. The van der Waals surface area contributed by atoms with Gasteiger partial charge in [-0.15, -0.1) is 0 Å². The molecule has 2 aliphatic rings.